The molecule has 0 aromatic heterocycles. The SMILES string of the molecule is CCC(CC)(CNC(=O)c1ccc(OC)c(O)c1)SC. The molecule has 4 nitrogen and oxygen atoms in total. The zero-order valence-corrected chi connectivity index (χ0v) is 13.3. The molecule has 0 saturated carbocycles. The van der Waals surface area contributed by atoms with Gasteiger partial charge in [0, 0.05) is 16.9 Å². The number of phenolic OH excluding ortho intramolecular Hbond substituents is 1. The number of methoxy groups -OCH3 is 1. The van der Waals surface area contributed by atoms with Gasteiger partial charge >= 0.3 is 0 Å². The Morgan fingerprint density at radius 3 is 2.50 bits per heavy atom. The lowest BCUT2D eigenvalue weighted by Gasteiger charge is -2.29. The van der Waals surface area contributed by atoms with Gasteiger partial charge in [-0.15, -0.1) is 0 Å². The maximum Gasteiger partial charge on any atom is 0.251 e. The lowest BCUT2D eigenvalue weighted by molar-refractivity contribution is 0.0948. The average Bonchev–Trinajstić information content (AvgIpc) is 2.49. The molecule has 0 fully saturated rings. The highest BCUT2D eigenvalue weighted by Crippen LogP contribution is 2.30. The van der Waals surface area contributed by atoms with Crippen LogP contribution >= 0.6 is 11.8 Å². The fraction of sp³-hybridized carbons (Fsp3) is 0.533. The first-order valence-corrected chi connectivity index (χ1v) is 7.94. The van der Waals surface area contributed by atoms with Gasteiger partial charge in [0.15, 0.2) is 11.5 Å². The minimum Gasteiger partial charge on any atom is -0.504 e. The monoisotopic (exact) mass is 297 g/mol. The summed E-state index contributed by atoms with van der Waals surface area (Å²) < 4.78 is 5.03. The van der Waals surface area contributed by atoms with Crippen LogP contribution in [0.5, 0.6) is 11.5 Å². The summed E-state index contributed by atoms with van der Waals surface area (Å²) in [6, 6.07) is 4.66. The zero-order valence-electron chi connectivity index (χ0n) is 12.5. The molecule has 0 aliphatic carbocycles. The largest absolute Gasteiger partial charge is 0.504 e. The zero-order chi connectivity index (χ0) is 15.2. The van der Waals surface area contributed by atoms with Crippen molar-refractivity contribution in [3.63, 3.8) is 0 Å². The van der Waals surface area contributed by atoms with Crippen LogP contribution in [-0.2, 0) is 0 Å². The second-order valence-corrected chi connectivity index (χ2v) is 5.94. The van der Waals surface area contributed by atoms with Crippen molar-refractivity contribution in [1.82, 2.24) is 5.32 Å². The van der Waals surface area contributed by atoms with Crippen LogP contribution in [0.1, 0.15) is 37.0 Å². The van der Waals surface area contributed by atoms with Crippen molar-refractivity contribution in [2.75, 3.05) is 19.9 Å². The minimum absolute atomic E-state index is 0.0257. The van der Waals surface area contributed by atoms with E-state index in [2.05, 4.69) is 25.4 Å². The van der Waals surface area contributed by atoms with Gasteiger partial charge in [0.1, 0.15) is 0 Å². The van der Waals surface area contributed by atoms with Gasteiger partial charge in [0.05, 0.1) is 7.11 Å². The van der Waals surface area contributed by atoms with Crippen LogP contribution in [0.4, 0.5) is 0 Å². The number of carbonyl (C=O) groups is 1. The number of hydrogen-bond acceptors (Lipinski definition) is 4. The fourth-order valence-electron chi connectivity index (χ4n) is 2.04. The molecule has 5 heteroatoms. The van der Waals surface area contributed by atoms with Crippen molar-refractivity contribution >= 4 is 17.7 Å². The second-order valence-electron chi connectivity index (χ2n) is 4.66. The number of carbonyl (C=O) groups excluding carboxylic acids is 1. The maximum atomic E-state index is 12.1. The third kappa shape index (κ3) is 3.82. The first kappa shape index (κ1) is 16.7. The Bertz CT molecular complexity index is 450. The summed E-state index contributed by atoms with van der Waals surface area (Å²) in [4.78, 5) is 12.1. The topological polar surface area (TPSA) is 58.6 Å². The molecule has 112 valence electrons. The highest BCUT2D eigenvalue weighted by molar-refractivity contribution is 8.00. The number of nitrogens with one attached hydrogen (secondary N) is 1. The Morgan fingerprint density at radius 1 is 1.40 bits per heavy atom. The number of thioether (sulfide) groups is 1. The van der Waals surface area contributed by atoms with E-state index >= 15 is 0 Å². The summed E-state index contributed by atoms with van der Waals surface area (Å²) in [5.74, 6) is 0.160. The first-order chi connectivity index (χ1) is 9.51. The van der Waals surface area contributed by atoms with Crippen molar-refractivity contribution < 1.29 is 14.6 Å². The van der Waals surface area contributed by atoms with E-state index in [1.807, 2.05) is 0 Å². The van der Waals surface area contributed by atoms with Crippen LogP contribution in [0.15, 0.2) is 18.2 Å². The molecule has 1 aromatic carbocycles. The third-order valence-corrected chi connectivity index (χ3v) is 5.32. The molecule has 0 heterocycles. The van der Waals surface area contributed by atoms with Gasteiger partial charge in [-0.2, -0.15) is 11.8 Å². The Kier molecular flexibility index (Phi) is 6.20. The molecule has 1 amide bonds. The van der Waals surface area contributed by atoms with Gasteiger partial charge in [0.25, 0.3) is 5.91 Å². The number of aromatic hydroxyl groups is 1. The highest BCUT2D eigenvalue weighted by Gasteiger charge is 2.25. The molecule has 2 N–H and O–H groups in total. The van der Waals surface area contributed by atoms with Gasteiger partial charge in [-0.3, -0.25) is 4.79 Å². The fourth-order valence-corrected chi connectivity index (χ4v) is 2.83. The Balaban J connectivity index is 2.74. The van der Waals surface area contributed by atoms with E-state index in [9.17, 15) is 9.90 Å². The van der Waals surface area contributed by atoms with Crippen LogP contribution in [0, 0.1) is 0 Å². The predicted octanol–water partition coefficient (Wildman–Crippen LogP) is 3.05. The summed E-state index contributed by atoms with van der Waals surface area (Å²) in [5, 5.41) is 12.6. The quantitative estimate of drug-likeness (QED) is 0.812. The minimum atomic E-state index is -0.178. The van der Waals surface area contributed by atoms with Crippen molar-refractivity contribution in [3.8, 4) is 11.5 Å². The Hall–Kier alpha value is -1.36. The molecule has 0 radical (unpaired) electrons. The summed E-state index contributed by atoms with van der Waals surface area (Å²) in [6.07, 6.45) is 4.07. The number of rotatable bonds is 7. The van der Waals surface area contributed by atoms with Crippen LogP contribution in [0.2, 0.25) is 0 Å². The molecule has 0 bridgehead atoms. The molecule has 1 rings (SSSR count). The van der Waals surface area contributed by atoms with Crippen LogP contribution < -0.4 is 10.1 Å². The van der Waals surface area contributed by atoms with Gasteiger partial charge in [-0.05, 0) is 37.3 Å². The summed E-state index contributed by atoms with van der Waals surface area (Å²) >= 11 is 1.78. The van der Waals surface area contributed by atoms with Gasteiger partial charge in [-0.25, -0.2) is 0 Å². The van der Waals surface area contributed by atoms with Gasteiger partial charge < -0.3 is 15.2 Å². The van der Waals surface area contributed by atoms with Crippen molar-refractivity contribution in [2.24, 2.45) is 0 Å². The van der Waals surface area contributed by atoms with Crippen molar-refractivity contribution in [2.45, 2.75) is 31.4 Å². The molecule has 0 spiro atoms. The molecule has 0 aliphatic rings. The Labute approximate surface area is 124 Å². The van der Waals surface area contributed by atoms with Crippen LogP contribution in [0.25, 0.3) is 0 Å². The van der Waals surface area contributed by atoms with E-state index in [0.717, 1.165) is 12.8 Å². The lowest BCUT2D eigenvalue weighted by Crippen LogP contribution is -2.39. The molecule has 0 saturated heterocycles. The predicted molar refractivity (Wildman–Crippen MR) is 83.8 cm³/mol. The maximum absolute atomic E-state index is 12.1. The molecule has 1 aromatic rings. The number of benzene rings is 1. The highest BCUT2D eigenvalue weighted by atomic mass is 32.2. The molecular weight excluding hydrogens is 274 g/mol. The molecule has 0 atom stereocenters. The van der Waals surface area contributed by atoms with E-state index in [4.69, 9.17) is 4.74 Å². The van der Waals surface area contributed by atoms with E-state index in [1.165, 1.54) is 13.2 Å². The number of ether oxygens (including phenoxy) is 1. The van der Waals surface area contributed by atoms with Gasteiger partial charge in [-0.1, -0.05) is 13.8 Å². The molecule has 0 unspecified atom stereocenters. The van der Waals surface area contributed by atoms with Gasteiger partial charge in [0.2, 0.25) is 0 Å². The van der Waals surface area contributed by atoms with Crippen molar-refractivity contribution in [3.05, 3.63) is 23.8 Å². The normalized spacial score (nSPS) is 11.2. The first-order valence-electron chi connectivity index (χ1n) is 6.72. The second kappa shape index (κ2) is 7.43. The summed E-state index contributed by atoms with van der Waals surface area (Å²) in [7, 11) is 1.48. The van der Waals surface area contributed by atoms with E-state index < -0.39 is 0 Å². The van der Waals surface area contributed by atoms with E-state index in [-0.39, 0.29) is 16.4 Å². The third-order valence-electron chi connectivity index (χ3n) is 3.73. The smallest absolute Gasteiger partial charge is 0.251 e. The van der Waals surface area contributed by atoms with E-state index in [1.54, 1.807) is 23.9 Å². The Morgan fingerprint density at radius 2 is 2.05 bits per heavy atom. The summed E-state index contributed by atoms with van der Waals surface area (Å²) in [5.41, 5.74) is 0.436. The van der Waals surface area contributed by atoms with Crippen LogP contribution in [0.3, 0.4) is 0 Å². The molecule has 0 aliphatic heterocycles. The number of phenols is 1. The summed E-state index contributed by atoms with van der Waals surface area (Å²) in [6.45, 7) is 4.88. The van der Waals surface area contributed by atoms with E-state index in [0.29, 0.717) is 17.9 Å². The number of hydrogen-bond donors (Lipinski definition) is 2. The lowest BCUT2D eigenvalue weighted by atomic mass is 10.0. The molecule has 20 heavy (non-hydrogen) atoms. The van der Waals surface area contributed by atoms with Crippen molar-refractivity contribution in [1.29, 1.82) is 0 Å². The molecular formula is C15H23NO3S. The average molecular weight is 297 g/mol. The standard InChI is InChI=1S/C15H23NO3S/c1-5-15(6-2,20-4)10-16-14(18)11-7-8-13(19-3)12(17)9-11/h7-9,17H,5-6,10H2,1-4H3,(H,16,18). The van der Waals surface area contributed by atoms with Crippen LogP contribution in [-0.4, -0.2) is 35.7 Å². The number of amides is 1.